The van der Waals surface area contributed by atoms with E-state index in [1.807, 2.05) is 42.5 Å². The van der Waals surface area contributed by atoms with Crippen LogP contribution in [0.15, 0.2) is 54.6 Å². The average molecular weight is 397 g/mol. The number of thioether (sulfide) groups is 1. The van der Waals surface area contributed by atoms with Crippen LogP contribution >= 0.6 is 11.8 Å². The van der Waals surface area contributed by atoms with E-state index >= 15 is 0 Å². The maximum atomic E-state index is 12.9. The van der Waals surface area contributed by atoms with Crippen molar-refractivity contribution in [3.63, 3.8) is 0 Å². The fourth-order valence-electron chi connectivity index (χ4n) is 3.68. The minimum Gasteiger partial charge on any atom is -0.490 e. The van der Waals surface area contributed by atoms with Gasteiger partial charge in [0.15, 0.2) is 0 Å². The van der Waals surface area contributed by atoms with Crippen LogP contribution in [0.25, 0.3) is 0 Å². The predicted octanol–water partition coefficient (Wildman–Crippen LogP) is 4.16. The van der Waals surface area contributed by atoms with Crippen LogP contribution in [-0.4, -0.2) is 40.5 Å². The average Bonchev–Trinajstić information content (AvgIpc) is 3.40. The van der Waals surface area contributed by atoms with Gasteiger partial charge in [-0.25, -0.2) is 0 Å². The highest BCUT2D eigenvalue weighted by atomic mass is 32.2. The molecule has 146 valence electrons. The van der Waals surface area contributed by atoms with Gasteiger partial charge in [-0.2, -0.15) is 0 Å². The summed E-state index contributed by atoms with van der Waals surface area (Å²) >= 11 is 1.60. The highest BCUT2D eigenvalue weighted by molar-refractivity contribution is 7.99. The lowest BCUT2D eigenvalue weighted by atomic mass is 10.1. The lowest BCUT2D eigenvalue weighted by Gasteiger charge is -2.23. The number of rotatable bonds is 5. The number of ether oxygens (including phenoxy) is 1. The van der Waals surface area contributed by atoms with Gasteiger partial charge in [-0.15, -0.1) is 11.8 Å². The molecule has 2 aliphatic rings. The summed E-state index contributed by atoms with van der Waals surface area (Å²) < 4.78 is 6.02. The van der Waals surface area contributed by atoms with Gasteiger partial charge in [-0.3, -0.25) is 9.59 Å². The number of benzene rings is 2. The highest BCUT2D eigenvalue weighted by Crippen LogP contribution is 2.27. The molecule has 2 amide bonds. The van der Waals surface area contributed by atoms with E-state index in [4.69, 9.17) is 4.74 Å². The molecule has 1 aliphatic heterocycles. The number of hydrogen-bond donors (Lipinski definition) is 1. The van der Waals surface area contributed by atoms with Crippen molar-refractivity contribution in [3.05, 3.63) is 60.2 Å². The van der Waals surface area contributed by atoms with Crippen molar-refractivity contribution in [1.82, 2.24) is 4.90 Å². The molecule has 1 saturated heterocycles. The zero-order chi connectivity index (χ0) is 19.3. The fraction of sp³-hybridized carbons (Fsp3) is 0.364. The molecule has 0 radical (unpaired) electrons. The summed E-state index contributed by atoms with van der Waals surface area (Å²) in [6.45, 7) is 0. The molecule has 0 spiro atoms. The monoisotopic (exact) mass is 396 g/mol. The van der Waals surface area contributed by atoms with Crippen molar-refractivity contribution >= 4 is 29.3 Å². The van der Waals surface area contributed by atoms with E-state index < -0.39 is 6.04 Å². The molecule has 2 fully saturated rings. The number of anilines is 1. The van der Waals surface area contributed by atoms with Gasteiger partial charge in [-0.05, 0) is 49.9 Å². The standard InChI is InChI=1S/C22H24N2O3S/c25-21(20-14-28-15-24(20)22(26)16-7-2-1-3-8-16)23-17-9-6-12-19(13-17)27-18-10-4-5-11-18/h1-3,6-9,12-13,18,20H,4-5,10-11,14-15H2,(H,23,25)/t20-/m0/s1. The molecule has 28 heavy (non-hydrogen) atoms. The molecule has 0 aromatic heterocycles. The molecule has 1 aliphatic carbocycles. The molecular weight excluding hydrogens is 372 g/mol. The molecule has 1 saturated carbocycles. The third-order valence-electron chi connectivity index (χ3n) is 5.17. The van der Waals surface area contributed by atoms with Crippen LogP contribution in [0.3, 0.4) is 0 Å². The van der Waals surface area contributed by atoms with Gasteiger partial charge < -0.3 is 15.0 Å². The first-order valence-electron chi connectivity index (χ1n) is 9.72. The lowest BCUT2D eigenvalue weighted by molar-refractivity contribution is -0.119. The fourth-order valence-corrected chi connectivity index (χ4v) is 4.83. The van der Waals surface area contributed by atoms with Crippen LogP contribution in [-0.2, 0) is 4.79 Å². The Morgan fingerprint density at radius 1 is 1.04 bits per heavy atom. The summed E-state index contributed by atoms with van der Waals surface area (Å²) in [4.78, 5) is 27.3. The largest absolute Gasteiger partial charge is 0.490 e. The molecule has 6 heteroatoms. The first kappa shape index (κ1) is 18.9. The second kappa shape index (κ2) is 8.69. The SMILES string of the molecule is O=C(Nc1cccc(OC2CCCC2)c1)[C@@H]1CSCN1C(=O)c1ccccc1. The number of nitrogens with zero attached hydrogens (tertiary/aromatic N) is 1. The Morgan fingerprint density at radius 3 is 2.61 bits per heavy atom. The molecular formula is C22H24N2O3S. The van der Waals surface area contributed by atoms with Gasteiger partial charge in [-0.1, -0.05) is 24.3 Å². The Kier molecular flexibility index (Phi) is 5.86. The first-order chi connectivity index (χ1) is 13.7. The van der Waals surface area contributed by atoms with Crippen molar-refractivity contribution in [1.29, 1.82) is 0 Å². The van der Waals surface area contributed by atoms with E-state index in [1.165, 1.54) is 12.8 Å². The smallest absolute Gasteiger partial charge is 0.255 e. The van der Waals surface area contributed by atoms with Gasteiger partial charge >= 0.3 is 0 Å². The van der Waals surface area contributed by atoms with Crippen LogP contribution in [0, 0.1) is 0 Å². The van der Waals surface area contributed by atoms with E-state index in [0.717, 1.165) is 18.6 Å². The number of carbonyl (C=O) groups excluding carboxylic acids is 2. The summed E-state index contributed by atoms with van der Waals surface area (Å²) in [5.41, 5.74) is 1.30. The lowest BCUT2D eigenvalue weighted by Crippen LogP contribution is -2.44. The molecule has 0 bridgehead atoms. The van der Waals surface area contributed by atoms with E-state index in [9.17, 15) is 9.59 Å². The van der Waals surface area contributed by atoms with Gasteiger partial charge in [0.25, 0.3) is 5.91 Å². The van der Waals surface area contributed by atoms with Gasteiger partial charge in [0.2, 0.25) is 5.91 Å². The van der Waals surface area contributed by atoms with Crippen molar-refractivity contribution in [2.24, 2.45) is 0 Å². The van der Waals surface area contributed by atoms with Crippen LogP contribution in [0.2, 0.25) is 0 Å². The predicted molar refractivity (Wildman–Crippen MR) is 112 cm³/mol. The minimum absolute atomic E-state index is 0.107. The highest BCUT2D eigenvalue weighted by Gasteiger charge is 2.35. The second-order valence-corrected chi connectivity index (χ2v) is 8.20. The molecule has 1 atom stereocenters. The van der Waals surface area contributed by atoms with E-state index in [1.54, 1.807) is 28.8 Å². The van der Waals surface area contributed by atoms with Crippen molar-refractivity contribution in [2.75, 3.05) is 16.9 Å². The van der Waals surface area contributed by atoms with Gasteiger partial charge in [0, 0.05) is 23.1 Å². The van der Waals surface area contributed by atoms with Crippen molar-refractivity contribution in [2.45, 2.75) is 37.8 Å². The molecule has 1 N–H and O–H groups in total. The second-order valence-electron chi connectivity index (χ2n) is 7.20. The summed E-state index contributed by atoms with van der Waals surface area (Å²) in [7, 11) is 0. The summed E-state index contributed by atoms with van der Waals surface area (Å²) in [6.07, 6.45) is 4.88. The Hall–Kier alpha value is -2.47. The molecule has 0 unspecified atom stereocenters. The third kappa shape index (κ3) is 4.33. The van der Waals surface area contributed by atoms with Crippen molar-refractivity contribution < 1.29 is 14.3 Å². The van der Waals surface area contributed by atoms with Crippen LogP contribution in [0.1, 0.15) is 36.0 Å². The Balaban J connectivity index is 1.42. The Bertz CT molecular complexity index is 837. The molecule has 2 aromatic carbocycles. The Labute approximate surface area is 169 Å². The number of amides is 2. The third-order valence-corrected chi connectivity index (χ3v) is 6.19. The van der Waals surface area contributed by atoms with Crippen LogP contribution in [0.4, 0.5) is 5.69 Å². The normalized spacial score (nSPS) is 19.6. The zero-order valence-corrected chi connectivity index (χ0v) is 16.5. The molecule has 5 nitrogen and oxygen atoms in total. The zero-order valence-electron chi connectivity index (χ0n) is 15.7. The summed E-state index contributed by atoms with van der Waals surface area (Å²) in [6, 6.07) is 16.2. The van der Waals surface area contributed by atoms with Gasteiger partial charge in [0.05, 0.1) is 12.0 Å². The van der Waals surface area contributed by atoms with Crippen molar-refractivity contribution in [3.8, 4) is 5.75 Å². The maximum absolute atomic E-state index is 12.9. The number of carbonyl (C=O) groups is 2. The maximum Gasteiger partial charge on any atom is 0.255 e. The van der Waals surface area contributed by atoms with E-state index in [2.05, 4.69) is 5.32 Å². The minimum atomic E-state index is -0.475. The number of hydrogen-bond acceptors (Lipinski definition) is 4. The van der Waals surface area contributed by atoms with Gasteiger partial charge in [0.1, 0.15) is 11.8 Å². The topological polar surface area (TPSA) is 58.6 Å². The first-order valence-corrected chi connectivity index (χ1v) is 10.9. The molecule has 1 heterocycles. The van der Waals surface area contributed by atoms with Crippen LogP contribution < -0.4 is 10.1 Å². The molecule has 4 rings (SSSR count). The summed E-state index contributed by atoms with van der Waals surface area (Å²) in [5, 5.41) is 2.96. The Morgan fingerprint density at radius 2 is 1.82 bits per heavy atom. The van der Waals surface area contributed by atoms with Crippen LogP contribution in [0.5, 0.6) is 5.75 Å². The molecule has 2 aromatic rings. The quantitative estimate of drug-likeness (QED) is 0.824. The summed E-state index contributed by atoms with van der Waals surface area (Å²) in [5.74, 6) is 1.64. The van der Waals surface area contributed by atoms with E-state index in [0.29, 0.717) is 22.9 Å². The van der Waals surface area contributed by atoms with E-state index in [-0.39, 0.29) is 17.9 Å². The number of nitrogens with one attached hydrogen (secondary N) is 1.